The third kappa shape index (κ3) is 2.70. The highest BCUT2D eigenvalue weighted by molar-refractivity contribution is 5.60. The Morgan fingerprint density at radius 3 is 2.60 bits per heavy atom. The van der Waals surface area contributed by atoms with Crippen molar-refractivity contribution < 1.29 is 0 Å². The van der Waals surface area contributed by atoms with E-state index in [9.17, 15) is 0 Å². The highest BCUT2D eigenvalue weighted by atomic mass is 15.2. The fourth-order valence-corrected chi connectivity index (χ4v) is 3.10. The monoisotopic (exact) mass is 266 g/mol. The van der Waals surface area contributed by atoms with Gasteiger partial charge in [0.25, 0.3) is 0 Å². The van der Waals surface area contributed by atoms with Gasteiger partial charge >= 0.3 is 0 Å². The summed E-state index contributed by atoms with van der Waals surface area (Å²) in [4.78, 5) is 2.52. The van der Waals surface area contributed by atoms with Crippen LogP contribution in [0.5, 0.6) is 0 Å². The van der Waals surface area contributed by atoms with Crippen LogP contribution in [0.3, 0.4) is 0 Å². The average molecular weight is 266 g/mol. The molecule has 20 heavy (non-hydrogen) atoms. The smallest absolute Gasteiger partial charge is 0.0429 e. The summed E-state index contributed by atoms with van der Waals surface area (Å²) in [5.41, 5.74) is 4.31. The second kappa shape index (κ2) is 6.10. The lowest BCUT2D eigenvalue weighted by molar-refractivity contribution is 0.607. The van der Waals surface area contributed by atoms with Gasteiger partial charge in [-0.25, -0.2) is 0 Å². The van der Waals surface area contributed by atoms with Gasteiger partial charge in [-0.15, -0.1) is 0 Å². The van der Waals surface area contributed by atoms with Gasteiger partial charge in [0.15, 0.2) is 0 Å². The largest absolute Gasteiger partial charge is 0.366 e. The van der Waals surface area contributed by atoms with E-state index in [4.69, 9.17) is 0 Å². The quantitative estimate of drug-likeness (QED) is 0.892. The molecule has 0 amide bonds. The maximum atomic E-state index is 3.27. The van der Waals surface area contributed by atoms with E-state index in [0.717, 1.165) is 19.6 Å². The molecule has 3 rings (SSSR count). The molecule has 1 aliphatic rings. The molecule has 0 aromatic heterocycles. The van der Waals surface area contributed by atoms with E-state index in [2.05, 4.69) is 64.8 Å². The lowest BCUT2D eigenvalue weighted by Gasteiger charge is -2.20. The van der Waals surface area contributed by atoms with Crippen LogP contribution in [-0.2, 0) is 6.54 Å². The minimum atomic E-state index is 0.655. The molecule has 2 nitrogen and oxygen atoms in total. The zero-order chi connectivity index (χ0) is 13.8. The Balaban J connectivity index is 1.80. The van der Waals surface area contributed by atoms with Crippen molar-refractivity contribution in [3.63, 3.8) is 0 Å². The van der Waals surface area contributed by atoms with Gasteiger partial charge in [0, 0.05) is 24.7 Å². The second-order valence-electron chi connectivity index (χ2n) is 5.51. The molecule has 104 valence electrons. The molecule has 0 saturated heterocycles. The fourth-order valence-electron chi connectivity index (χ4n) is 3.10. The SMILES string of the molecule is CNCCC1CN(Cc2ccccc2)c2ccccc21. The summed E-state index contributed by atoms with van der Waals surface area (Å²) in [5, 5.41) is 3.27. The minimum absolute atomic E-state index is 0.655. The Kier molecular flexibility index (Phi) is 4.03. The minimum Gasteiger partial charge on any atom is -0.366 e. The number of hydrogen-bond donors (Lipinski definition) is 1. The number of nitrogens with one attached hydrogen (secondary N) is 1. The maximum absolute atomic E-state index is 3.27. The summed E-state index contributed by atoms with van der Waals surface area (Å²) in [7, 11) is 2.03. The summed E-state index contributed by atoms with van der Waals surface area (Å²) in [6.45, 7) is 3.22. The number of hydrogen-bond acceptors (Lipinski definition) is 2. The molecular formula is C18H22N2. The molecule has 1 aliphatic heterocycles. The molecule has 2 heteroatoms. The first kappa shape index (κ1) is 13.2. The van der Waals surface area contributed by atoms with E-state index in [1.165, 1.54) is 23.2 Å². The van der Waals surface area contributed by atoms with Gasteiger partial charge in [-0.1, -0.05) is 48.5 Å². The predicted molar refractivity (Wildman–Crippen MR) is 85.2 cm³/mol. The third-order valence-corrected chi connectivity index (χ3v) is 4.12. The molecule has 2 aromatic rings. The maximum Gasteiger partial charge on any atom is 0.0429 e. The van der Waals surface area contributed by atoms with Gasteiger partial charge in [-0.05, 0) is 37.2 Å². The second-order valence-corrected chi connectivity index (χ2v) is 5.51. The van der Waals surface area contributed by atoms with Crippen molar-refractivity contribution >= 4 is 5.69 Å². The Labute approximate surface area is 121 Å². The first-order valence-electron chi connectivity index (χ1n) is 7.41. The van der Waals surface area contributed by atoms with Crippen molar-refractivity contribution in [1.29, 1.82) is 0 Å². The van der Waals surface area contributed by atoms with Crippen LogP contribution >= 0.6 is 0 Å². The zero-order valence-corrected chi connectivity index (χ0v) is 12.0. The van der Waals surface area contributed by atoms with Crippen LogP contribution in [0.15, 0.2) is 54.6 Å². The summed E-state index contributed by atoms with van der Waals surface area (Å²) < 4.78 is 0. The van der Waals surface area contributed by atoms with Gasteiger partial charge in [0.05, 0.1) is 0 Å². The van der Waals surface area contributed by atoms with Crippen LogP contribution in [0, 0.1) is 0 Å². The summed E-state index contributed by atoms with van der Waals surface area (Å²) in [5.74, 6) is 0.655. The standard InChI is InChI=1S/C18H22N2/c1-19-12-11-16-14-20(13-15-7-3-2-4-8-15)18-10-6-5-9-17(16)18/h2-10,16,19H,11-14H2,1H3. The van der Waals surface area contributed by atoms with E-state index in [-0.39, 0.29) is 0 Å². The third-order valence-electron chi connectivity index (χ3n) is 4.12. The highest BCUT2D eigenvalue weighted by Gasteiger charge is 2.27. The van der Waals surface area contributed by atoms with E-state index in [1.807, 2.05) is 7.05 Å². The fraction of sp³-hybridized carbons (Fsp3) is 0.333. The van der Waals surface area contributed by atoms with Gasteiger partial charge in [-0.3, -0.25) is 0 Å². The first-order chi connectivity index (χ1) is 9.88. The molecule has 0 aliphatic carbocycles. The van der Waals surface area contributed by atoms with Crippen LogP contribution in [-0.4, -0.2) is 20.1 Å². The highest BCUT2D eigenvalue weighted by Crippen LogP contribution is 2.38. The van der Waals surface area contributed by atoms with Crippen molar-refractivity contribution in [3.05, 3.63) is 65.7 Å². The summed E-state index contributed by atoms with van der Waals surface area (Å²) in [6, 6.07) is 19.6. The normalized spacial score (nSPS) is 17.2. The Morgan fingerprint density at radius 1 is 1.05 bits per heavy atom. The van der Waals surface area contributed by atoms with Crippen molar-refractivity contribution in [2.45, 2.75) is 18.9 Å². The lowest BCUT2D eigenvalue weighted by Crippen LogP contribution is -2.22. The Morgan fingerprint density at radius 2 is 1.80 bits per heavy atom. The van der Waals surface area contributed by atoms with Crippen LogP contribution in [0.2, 0.25) is 0 Å². The van der Waals surface area contributed by atoms with Gasteiger partial charge in [-0.2, -0.15) is 0 Å². The number of rotatable bonds is 5. The van der Waals surface area contributed by atoms with Crippen LogP contribution < -0.4 is 10.2 Å². The van der Waals surface area contributed by atoms with Crippen LogP contribution in [0.25, 0.3) is 0 Å². The van der Waals surface area contributed by atoms with Crippen molar-refractivity contribution in [1.82, 2.24) is 5.32 Å². The molecule has 0 saturated carbocycles. The van der Waals surface area contributed by atoms with E-state index < -0.39 is 0 Å². The summed E-state index contributed by atoms with van der Waals surface area (Å²) in [6.07, 6.45) is 1.21. The molecule has 1 heterocycles. The molecular weight excluding hydrogens is 244 g/mol. The molecule has 0 radical (unpaired) electrons. The number of anilines is 1. The molecule has 0 bridgehead atoms. The predicted octanol–water partition coefficient (Wildman–Crippen LogP) is 3.40. The molecule has 1 atom stereocenters. The van der Waals surface area contributed by atoms with Gasteiger partial charge in [0.1, 0.15) is 0 Å². The van der Waals surface area contributed by atoms with Crippen molar-refractivity contribution in [2.75, 3.05) is 25.0 Å². The number of para-hydroxylation sites is 1. The Bertz CT molecular complexity index is 550. The van der Waals surface area contributed by atoms with Gasteiger partial charge in [0.2, 0.25) is 0 Å². The van der Waals surface area contributed by atoms with E-state index in [1.54, 1.807) is 0 Å². The molecule has 0 fully saturated rings. The molecule has 0 spiro atoms. The molecule has 2 aromatic carbocycles. The van der Waals surface area contributed by atoms with Gasteiger partial charge < -0.3 is 10.2 Å². The first-order valence-corrected chi connectivity index (χ1v) is 7.41. The number of benzene rings is 2. The lowest BCUT2D eigenvalue weighted by atomic mass is 9.98. The van der Waals surface area contributed by atoms with Crippen LogP contribution in [0.1, 0.15) is 23.5 Å². The molecule has 1 N–H and O–H groups in total. The van der Waals surface area contributed by atoms with E-state index in [0.29, 0.717) is 5.92 Å². The molecule has 1 unspecified atom stereocenters. The zero-order valence-electron chi connectivity index (χ0n) is 12.0. The van der Waals surface area contributed by atoms with Crippen molar-refractivity contribution in [2.24, 2.45) is 0 Å². The van der Waals surface area contributed by atoms with Crippen molar-refractivity contribution in [3.8, 4) is 0 Å². The van der Waals surface area contributed by atoms with E-state index >= 15 is 0 Å². The average Bonchev–Trinajstić information content (AvgIpc) is 2.85. The number of fused-ring (bicyclic) bond motifs is 1. The van der Waals surface area contributed by atoms with Crippen LogP contribution in [0.4, 0.5) is 5.69 Å². The topological polar surface area (TPSA) is 15.3 Å². The number of nitrogens with zero attached hydrogens (tertiary/aromatic N) is 1. The summed E-state index contributed by atoms with van der Waals surface area (Å²) >= 11 is 0. The Hall–Kier alpha value is -1.80.